The molecular weight excluding hydrogens is 486 g/mol. The molecule has 33 heavy (non-hydrogen) atoms. The predicted octanol–water partition coefficient (Wildman–Crippen LogP) is 4.55. The first-order valence-corrected chi connectivity index (χ1v) is 11.1. The molecule has 1 saturated heterocycles. The van der Waals surface area contributed by atoms with E-state index in [2.05, 4.69) is 15.9 Å². The molecule has 0 aliphatic carbocycles. The molecule has 1 aliphatic heterocycles. The number of carbonyl (C=O) groups is 4. The highest BCUT2D eigenvalue weighted by molar-refractivity contribution is 9.10. The summed E-state index contributed by atoms with van der Waals surface area (Å²) in [7, 11) is 2.68. The molecule has 0 radical (unpaired) electrons. The maximum Gasteiger partial charge on any atom is 0.332 e. The molecule has 0 saturated carbocycles. The van der Waals surface area contributed by atoms with Crippen LogP contribution in [0.15, 0.2) is 59.1 Å². The van der Waals surface area contributed by atoms with Gasteiger partial charge in [0.25, 0.3) is 0 Å². The minimum Gasteiger partial charge on any atom is -0.313 e. The molecule has 2 heterocycles. The van der Waals surface area contributed by atoms with Crippen molar-refractivity contribution < 1.29 is 19.2 Å². The third-order valence-corrected chi connectivity index (χ3v) is 6.48. The molecule has 1 aliphatic rings. The summed E-state index contributed by atoms with van der Waals surface area (Å²) in [5.74, 6) is -2.90. The fourth-order valence-corrected chi connectivity index (χ4v) is 4.65. The van der Waals surface area contributed by atoms with Crippen LogP contribution in [0, 0.1) is 6.92 Å². The second-order valence-electron chi connectivity index (χ2n) is 7.97. The zero-order chi connectivity index (χ0) is 24.0. The number of benzene rings is 2. The first kappa shape index (κ1) is 22.7. The van der Waals surface area contributed by atoms with Gasteiger partial charge in [-0.2, -0.15) is 0 Å². The lowest BCUT2D eigenvalue weighted by Crippen LogP contribution is -2.56. The van der Waals surface area contributed by atoms with E-state index >= 15 is 0 Å². The van der Waals surface area contributed by atoms with E-state index in [1.165, 1.54) is 21.0 Å². The largest absolute Gasteiger partial charge is 0.332 e. The van der Waals surface area contributed by atoms with Crippen molar-refractivity contribution in [1.29, 1.82) is 0 Å². The van der Waals surface area contributed by atoms with Gasteiger partial charge in [0.15, 0.2) is 5.78 Å². The highest BCUT2D eigenvalue weighted by atomic mass is 79.9. The van der Waals surface area contributed by atoms with Gasteiger partial charge in [-0.05, 0) is 43.7 Å². The highest BCUT2D eigenvalue weighted by Gasteiger charge is 2.47. The van der Waals surface area contributed by atoms with E-state index < -0.39 is 23.8 Å². The summed E-state index contributed by atoms with van der Waals surface area (Å²) in [5, 5.41) is 0. The van der Waals surface area contributed by atoms with E-state index in [1.807, 2.05) is 59.2 Å². The van der Waals surface area contributed by atoms with Gasteiger partial charge < -0.3 is 4.57 Å². The van der Waals surface area contributed by atoms with Gasteiger partial charge in [0.1, 0.15) is 5.92 Å². The monoisotopic (exact) mass is 507 g/mol. The Bertz CT molecular complexity index is 1270. The highest BCUT2D eigenvalue weighted by Crippen LogP contribution is 2.41. The first-order valence-electron chi connectivity index (χ1n) is 10.3. The third-order valence-electron chi connectivity index (χ3n) is 5.95. The lowest BCUT2D eigenvalue weighted by molar-refractivity contribution is -0.143. The molecule has 0 N–H and O–H groups in total. The van der Waals surface area contributed by atoms with E-state index in [1.54, 1.807) is 6.92 Å². The number of hydrogen-bond donors (Lipinski definition) is 0. The molecule has 3 aromatic rings. The number of barbiturate groups is 1. The van der Waals surface area contributed by atoms with Crippen LogP contribution >= 0.6 is 15.9 Å². The molecule has 7 nitrogen and oxygen atoms in total. The summed E-state index contributed by atoms with van der Waals surface area (Å²) in [6, 6.07) is 16.2. The molecular formula is C25H22BrN3O4. The molecule has 1 fully saturated rings. The van der Waals surface area contributed by atoms with Gasteiger partial charge in [0.2, 0.25) is 11.8 Å². The van der Waals surface area contributed by atoms with Crippen LogP contribution in [-0.4, -0.2) is 52.1 Å². The number of imide groups is 2. The topological polar surface area (TPSA) is 79.7 Å². The summed E-state index contributed by atoms with van der Waals surface area (Å²) in [6.45, 7) is 3.22. The summed E-state index contributed by atoms with van der Waals surface area (Å²) in [5.41, 5.74) is 3.32. The molecule has 0 atom stereocenters. The van der Waals surface area contributed by atoms with Crippen molar-refractivity contribution in [2.24, 2.45) is 0 Å². The van der Waals surface area contributed by atoms with Crippen LogP contribution in [0.25, 0.3) is 16.9 Å². The fraction of sp³-hybridized carbons (Fsp3) is 0.200. The quantitative estimate of drug-likeness (QED) is 0.383. The van der Waals surface area contributed by atoms with Gasteiger partial charge >= 0.3 is 6.03 Å². The van der Waals surface area contributed by atoms with Crippen LogP contribution in [0.1, 0.15) is 34.5 Å². The number of Topliss-reactive ketones (excluding diaryl/α,β-unsaturated/α-hetero) is 1. The molecule has 8 heteroatoms. The fourth-order valence-electron chi connectivity index (χ4n) is 4.39. The van der Waals surface area contributed by atoms with Crippen LogP contribution in [0.5, 0.6) is 0 Å². The van der Waals surface area contributed by atoms with Crippen molar-refractivity contribution in [3.63, 3.8) is 0 Å². The summed E-state index contributed by atoms with van der Waals surface area (Å²) in [4.78, 5) is 53.7. The lowest BCUT2D eigenvalue weighted by Gasteiger charge is -2.33. The summed E-state index contributed by atoms with van der Waals surface area (Å²) < 4.78 is 2.79. The van der Waals surface area contributed by atoms with Crippen molar-refractivity contribution in [1.82, 2.24) is 14.4 Å². The second-order valence-corrected chi connectivity index (χ2v) is 8.88. The Morgan fingerprint density at radius 2 is 1.42 bits per heavy atom. The van der Waals surface area contributed by atoms with E-state index in [-0.39, 0.29) is 5.78 Å². The number of likely N-dealkylation sites (N-methyl/N-ethyl adjacent to an activating group) is 2. The van der Waals surface area contributed by atoms with E-state index in [0.717, 1.165) is 25.5 Å². The number of rotatable bonds is 4. The number of hydrogen-bond acceptors (Lipinski definition) is 4. The Kier molecular flexibility index (Phi) is 5.80. The zero-order valence-electron chi connectivity index (χ0n) is 18.6. The van der Waals surface area contributed by atoms with E-state index in [0.29, 0.717) is 22.5 Å². The van der Waals surface area contributed by atoms with Gasteiger partial charge in [-0.3, -0.25) is 24.2 Å². The normalized spacial score (nSPS) is 14.9. The van der Waals surface area contributed by atoms with Crippen LogP contribution in [-0.2, 0) is 9.59 Å². The Labute approximate surface area is 199 Å². The third kappa shape index (κ3) is 3.60. The average molecular weight is 508 g/mol. The van der Waals surface area contributed by atoms with Crippen molar-refractivity contribution in [3.8, 4) is 16.9 Å². The molecule has 1 aromatic heterocycles. The predicted molar refractivity (Wildman–Crippen MR) is 127 cm³/mol. The molecule has 4 rings (SSSR count). The van der Waals surface area contributed by atoms with Gasteiger partial charge in [-0.15, -0.1) is 0 Å². The molecule has 0 unspecified atom stereocenters. The van der Waals surface area contributed by atoms with E-state index in [9.17, 15) is 19.2 Å². The van der Waals surface area contributed by atoms with Crippen molar-refractivity contribution >= 4 is 39.6 Å². The van der Waals surface area contributed by atoms with Crippen LogP contribution in [0.4, 0.5) is 4.79 Å². The van der Waals surface area contributed by atoms with Crippen molar-refractivity contribution in [3.05, 3.63) is 75.9 Å². The Morgan fingerprint density at radius 3 is 1.94 bits per heavy atom. The van der Waals surface area contributed by atoms with Crippen molar-refractivity contribution in [2.45, 2.75) is 19.8 Å². The number of nitrogens with zero attached hydrogens (tertiary/aromatic N) is 3. The van der Waals surface area contributed by atoms with Gasteiger partial charge in [-0.1, -0.05) is 46.3 Å². The van der Waals surface area contributed by atoms with Crippen molar-refractivity contribution in [2.75, 3.05) is 14.1 Å². The van der Waals surface area contributed by atoms with Gasteiger partial charge in [0.05, 0.1) is 5.69 Å². The van der Waals surface area contributed by atoms with Crippen LogP contribution in [0.3, 0.4) is 0 Å². The zero-order valence-corrected chi connectivity index (χ0v) is 20.2. The van der Waals surface area contributed by atoms with Crippen LogP contribution in [0.2, 0.25) is 0 Å². The van der Waals surface area contributed by atoms with Crippen LogP contribution < -0.4 is 0 Å². The molecule has 0 bridgehead atoms. The average Bonchev–Trinajstić information content (AvgIpc) is 3.10. The van der Waals surface area contributed by atoms with E-state index in [4.69, 9.17) is 0 Å². The summed E-state index contributed by atoms with van der Waals surface area (Å²) in [6.07, 6.45) is 0. The maximum absolute atomic E-state index is 13.3. The molecule has 4 amide bonds. The Hall–Kier alpha value is -3.52. The van der Waals surface area contributed by atoms with Gasteiger partial charge in [-0.25, -0.2) is 4.79 Å². The number of halogens is 1. The second kappa shape index (κ2) is 8.44. The molecule has 168 valence electrons. The van der Waals surface area contributed by atoms with Gasteiger partial charge in [0, 0.05) is 41.1 Å². The number of ketones is 1. The number of urea groups is 1. The number of carbonyl (C=O) groups excluding carboxylic acids is 4. The maximum atomic E-state index is 13.3. The minimum atomic E-state index is -1.32. The molecule has 0 spiro atoms. The Balaban J connectivity index is 2.13. The lowest BCUT2D eigenvalue weighted by atomic mass is 9.87. The minimum absolute atomic E-state index is 0.265. The standard InChI is InChI=1S/C25H22BrN3O4/c1-14-19(15(2)30)20(21-23(31)27(3)25(33)28(4)24(21)32)22(16-8-6-5-7-9-16)29(14)18-12-10-17(26)11-13-18/h5-13,21H,1-4H3. The smallest absolute Gasteiger partial charge is 0.313 e. The summed E-state index contributed by atoms with van der Waals surface area (Å²) >= 11 is 3.44. The first-order chi connectivity index (χ1) is 15.6. The number of amides is 4. The molecule has 2 aromatic carbocycles. The SMILES string of the molecule is CC(=O)c1c(C2C(=O)N(C)C(=O)N(C)C2=O)c(-c2ccccc2)n(-c2ccc(Br)cc2)c1C. The Morgan fingerprint density at radius 1 is 0.879 bits per heavy atom. The number of aromatic nitrogens is 1.